The maximum absolute atomic E-state index is 9.88. The fraction of sp³-hybridized carbons (Fsp3) is 0.130. The zero-order chi connectivity index (χ0) is 22.2. The minimum absolute atomic E-state index is 0.0258. The fourth-order valence-corrected chi connectivity index (χ4v) is 4.08. The molecule has 2 aromatic carbocycles. The van der Waals surface area contributed by atoms with Gasteiger partial charge in [0.15, 0.2) is 0 Å². The van der Waals surface area contributed by atoms with Gasteiger partial charge in [-0.1, -0.05) is 35.9 Å². The molecule has 0 unspecified atom stereocenters. The van der Waals surface area contributed by atoms with E-state index in [1.165, 1.54) is 11.8 Å². The normalized spacial score (nSPS) is 10.0. The van der Waals surface area contributed by atoms with Crippen LogP contribution < -0.4 is 4.74 Å². The Morgan fingerprint density at radius 3 is 2.58 bits per heavy atom. The topological polar surface area (TPSA) is 94.3 Å². The number of rotatable bonds is 7. The first-order valence-electron chi connectivity index (χ1n) is 9.08. The van der Waals surface area contributed by atoms with Crippen molar-refractivity contribution in [2.45, 2.75) is 10.8 Å². The van der Waals surface area contributed by atoms with Crippen LogP contribution in [0.5, 0.6) is 5.75 Å². The zero-order valence-corrected chi connectivity index (χ0v) is 17.7. The van der Waals surface area contributed by atoms with Crippen molar-refractivity contribution in [2.24, 2.45) is 0 Å². The summed E-state index contributed by atoms with van der Waals surface area (Å²) in [6.45, 7) is 7.61. The molecular weight excluding hydrogens is 432 g/mol. The second kappa shape index (κ2) is 10.5. The van der Waals surface area contributed by atoms with Crippen LogP contribution in [0.1, 0.15) is 16.7 Å². The molecule has 0 spiro atoms. The first-order valence-corrected chi connectivity index (χ1v) is 10.4. The molecule has 1 aromatic heterocycles. The number of aromatic nitrogens is 1. The summed E-state index contributed by atoms with van der Waals surface area (Å²) in [5, 5.41) is 28.3. The Hall–Kier alpha value is -3.54. The minimum atomic E-state index is -0.0972. The monoisotopic (exact) mass is 446 g/mol. The Balaban J connectivity index is 2.01. The summed E-state index contributed by atoms with van der Waals surface area (Å²) in [5.41, 5.74) is 2.89. The molecule has 3 aromatic rings. The third-order valence-corrected chi connectivity index (χ3v) is 5.56. The van der Waals surface area contributed by atoms with Gasteiger partial charge in [-0.05, 0) is 35.4 Å². The second-order valence-corrected chi connectivity index (χ2v) is 7.55. The van der Waals surface area contributed by atoms with Crippen molar-refractivity contribution in [2.75, 3.05) is 13.2 Å². The van der Waals surface area contributed by atoms with Crippen LogP contribution in [0.3, 0.4) is 0 Å². The molecule has 0 radical (unpaired) electrons. The van der Waals surface area contributed by atoms with Gasteiger partial charge in [0.25, 0.3) is 0 Å². The van der Waals surface area contributed by atoms with E-state index in [2.05, 4.69) is 22.0 Å². The number of hydrogen-bond donors (Lipinski definition) is 1. The van der Waals surface area contributed by atoms with Crippen molar-refractivity contribution in [3.63, 3.8) is 0 Å². The molecular formula is C23H15ClN4O2S. The first kappa shape index (κ1) is 22.2. The number of nitriles is 2. The molecule has 0 bridgehead atoms. The highest BCUT2D eigenvalue weighted by Gasteiger charge is 2.21. The molecule has 31 heavy (non-hydrogen) atoms. The summed E-state index contributed by atoms with van der Waals surface area (Å²) in [7, 11) is 0. The Morgan fingerprint density at radius 2 is 1.94 bits per heavy atom. The highest BCUT2D eigenvalue weighted by molar-refractivity contribution is 7.98. The number of aliphatic hydroxyl groups excluding tert-OH is 1. The van der Waals surface area contributed by atoms with E-state index >= 15 is 0 Å². The van der Waals surface area contributed by atoms with Crippen molar-refractivity contribution in [3.8, 4) is 29.0 Å². The van der Waals surface area contributed by atoms with Gasteiger partial charge in [0.2, 0.25) is 5.69 Å². The zero-order valence-electron chi connectivity index (χ0n) is 16.2. The van der Waals surface area contributed by atoms with Gasteiger partial charge >= 0.3 is 0 Å². The van der Waals surface area contributed by atoms with Crippen molar-refractivity contribution in [1.29, 1.82) is 10.5 Å². The summed E-state index contributed by atoms with van der Waals surface area (Å²) >= 11 is 7.62. The average Bonchev–Trinajstić information content (AvgIpc) is 2.81. The molecule has 1 heterocycles. The number of hydrogen-bond acceptors (Lipinski definition) is 6. The van der Waals surface area contributed by atoms with Crippen molar-refractivity contribution in [3.05, 3.63) is 81.8 Å². The molecule has 0 atom stereocenters. The van der Waals surface area contributed by atoms with Gasteiger partial charge in [-0.25, -0.2) is 9.83 Å². The molecule has 6 nitrogen and oxygen atoms in total. The van der Waals surface area contributed by atoms with Gasteiger partial charge in [0.1, 0.15) is 28.6 Å². The van der Waals surface area contributed by atoms with E-state index < -0.39 is 0 Å². The lowest BCUT2D eigenvalue weighted by molar-refractivity contribution is 0.201. The van der Waals surface area contributed by atoms with E-state index in [9.17, 15) is 5.26 Å². The van der Waals surface area contributed by atoms with E-state index in [1.54, 1.807) is 42.5 Å². The van der Waals surface area contributed by atoms with Gasteiger partial charge in [-0.3, -0.25) is 0 Å². The van der Waals surface area contributed by atoms with Gasteiger partial charge in [0, 0.05) is 11.3 Å². The predicted octanol–water partition coefficient (Wildman–Crippen LogP) is 5.36. The number of halogens is 1. The third kappa shape index (κ3) is 5.15. The maximum atomic E-state index is 9.88. The van der Waals surface area contributed by atoms with Crippen LogP contribution in [0.15, 0.2) is 53.6 Å². The molecule has 0 aliphatic heterocycles. The smallest absolute Gasteiger partial charge is 0.232 e. The maximum Gasteiger partial charge on any atom is 0.232 e. The molecule has 0 saturated heterocycles. The lowest BCUT2D eigenvalue weighted by Crippen LogP contribution is -2.01. The minimum Gasteiger partial charge on any atom is -0.491 e. The molecule has 1 N–H and O–H groups in total. The average molecular weight is 447 g/mol. The Morgan fingerprint density at radius 1 is 1.16 bits per heavy atom. The summed E-state index contributed by atoms with van der Waals surface area (Å²) in [5.74, 6) is 1.05. The SMILES string of the molecule is [C-]#[N+]c1c(Cl)nc(SCc2cccc(C#N)c2)c(C#N)c1-c1ccc(OCCO)cc1. The van der Waals surface area contributed by atoms with Gasteiger partial charge in [-0.15, -0.1) is 11.8 Å². The van der Waals surface area contributed by atoms with Crippen LogP contribution in [0.4, 0.5) is 5.69 Å². The first-order chi connectivity index (χ1) is 15.1. The van der Waals surface area contributed by atoms with E-state index in [-0.39, 0.29) is 29.6 Å². The van der Waals surface area contributed by atoms with Gasteiger partial charge in [0.05, 0.1) is 30.4 Å². The summed E-state index contributed by atoms with van der Waals surface area (Å²) < 4.78 is 5.37. The van der Waals surface area contributed by atoms with E-state index in [0.29, 0.717) is 33.2 Å². The van der Waals surface area contributed by atoms with Gasteiger partial charge in [-0.2, -0.15) is 10.5 Å². The lowest BCUT2D eigenvalue weighted by atomic mass is 10.0. The number of nitrogens with zero attached hydrogens (tertiary/aromatic N) is 4. The highest BCUT2D eigenvalue weighted by atomic mass is 35.5. The van der Waals surface area contributed by atoms with Crippen LogP contribution in [0, 0.1) is 29.2 Å². The van der Waals surface area contributed by atoms with Gasteiger partial charge < -0.3 is 9.84 Å². The Labute approximate surface area is 189 Å². The Bertz CT molecular complexity index is 1220. The number of thioether (sulfide) groups is 1. The molecule has 0 saturated carbocycles. The largest absolute Gasteiger partial charge is 0.491 e. The molecule has 3 rings (SSSR count). The molecule has 0 fully saturated rings. The van der Waals surface area contributed by atoms with Crippen LogP contribution in [0.2, 0.25) is 5.15 Å². The molecule has 152 valence electrons. The third-order valence-electron chi connectivity index (χ3n) is 4.25. The number of aliphatic hydroxyl groups is 1. The lowest BCUT2D eigenvalue weighted by Gasteiger charge is -2.13. The summed E-state index contributed by atoms with van der Waals surface area (Å²) in [4.78, 5) is 7.80. The second-order valence-electron chi connectivity index (χ2n) is 6.23. The molecule has 0 aliphatic carbocycles. The molecule has 8 heteroatoms. The highest BCUT2D eigenvalue weighted by Crippen LogP contribution is 2.42. The molecule has 0 aliphatic rings. The summed E-state index contributed by atoms with van der Waals surface area (Å²) in [6.07, 6.45) is 0. The van der Waals surface area contributed by atoms with Crippen LogP contribution >= 0.6 is 23.4 Å². The quantitative estimate of drug-likeness (QED) is 0.298. The van der Waals surface area contributed by atoms with Crippen molar-refractivity contribution in [1.82, 2.24) is 4.98 Å². The summed E-state index contributed by atoms with van der Waals surface area (Å²) in [6, 6.07) is 18.3. The Kier molecular flexibility index (Phi) is 7.49. The predicted molar refractivity (Wildman–Crippen MR) is 119 cm³/mol. The van der Waals surface area contributed by atoms with Crippen LogP contribution in [0.25, 0.3) is 16.0 Å². The van der Waals surface area contributed by atoms with E-state index in [1.807, 2.05) is 6.07 Å². The number of ether oxygens (including phenoxy) is 1. The van der Waals surface area contributed by atoms with E-state index in [0.717, 1.165) is 5.56 Å². The van der Waals surface area contributed by atoms with Crippen molar-refractivity contribution >= 4 is 29.1 Å². The fourth-order valence-electron chi connectivity index (χ4n) is 2.88. The number of benzene rings is 2. The molecule has 0 amide bonds. The standard InChI is InChI=1S/C23H15ClN4O2S/c1-27-21-20(17-5-7-18(8-6-17)30-10-9-29)19(13-26)23(28-22(21)24)31-14-16-4-2-3-15(11-16)12-25/h2-8,11,29H,9-10,14H2. The van der Waals surface area contributed by atoms with E-state index in [4.69, 9.17) is 33.3 Å². The number of pyridine rings is 1. The van der Waals surface area contributed by atoms with Crippen LogP contribution in [-0.4, -0.2) is 23.3 Å². The van der Waals surface area contributed by atoms with Crippen molar-refractivity contribution < 1.29 is 9.84 Å². The van der Waals surface area contributed by atoms with Crippen LogP contribution in [-0.2, 0) is 5.75 Å².